The van der Waals surface area contributed by atoms with Crippen molar-refractivity contribution >= 4 is 17.3 Å². The minimum Gasteiger partial charge on any atom is -0.356 e. The number of aromatic nitrogens is 1. The van der Waals surface area contributed by atoms with Crippen LogP contribution in [0.15, 0.2) is 46.9 Å². The lowest BCUT2D eigenvalue weighted by Crippen LogP contribution is -2.40. The number of pyridine rings is 1. The molecule has 0 aliphatic heterocycles. The average molecular weight is 302 g/mol. The molecule has 0 saturated heterocycles. The van der Waals surface area contributed by atoms with Crippen LogP contribution in [0.5, 0.6) is 0 Å². The van der Waals surface area contributed by atoms with E-state index in [1.54, 1.807) is 11.3 Å². The summed E-state index contributed by atoms with van der Waals surface area (Å²) < 4.78 is 0. The van der Waals surface area contributed by atoms with Gasteiger partial charge in [-0.2, -0.15) is 0 Å². The summed E-state index contributed by atoms with van der Waals surface area (Å²) in [5.74, 6) is 0.933. The van der Waals surface area contributed by atoms with Gasteiger partial charge in [0.25, 0.3) is 0 Å². The highest BCUT2D eigenvalue weighted by Crippen LogP contribution is 2.09. The Bertz CT molecular complexity index is 537. The van der Waals surface area contributed by atoms with E-state index in [4.69, 9.17) is 0 Å². The molecule has 4 nitrogen and oxygen atoms in total. The molecule has 2 rings (SSSR count). The van der Waals surface area contributed by atoms with Crippen LogP contribution in [0, 0.1) is 0 Å². The summed E-state index contributed by atoms with van der Waals surface area (Å²) in [6, 6.07) is 10.3. The first-order chi connectivity index (χ1) is 10.3. The molecule has 2 heterocycles. The zero-order valence-electron chi connectivity index (χ0n) is 12.6. The van der Waals surface area contributed by atoms with E-state index < -0.39 is 0 Å². The maximum Gasteiger partial charge on any atom is 0.193 e. The number of nitrogens with zero attached hydrogens (tertiary/aromatic N) is 3. The van der Waals surface area contributed by atoms with Crippen molar-refractivity contribution in [2.75, 3.05) is 27.2 Å². The summed E-state index contributed by atoms with van der Waals surface area (Å²) in [6.07, 6.45) is 3.78. The molecule has 0 bridgehead atoms. The quantitative estimate of drug-likeness (QED) is 0.658. The molecule has 0 aliphatic rings. The number of thiophene rings is 1. The van der Waals surface area contributed by atoms with Crippen LogP contribution in [0.2, 0.25) is 0 Å². The lowest BCUT2D eigenvalue weighted by atomic mass is 10.3. The lowest BCUT2D eigenvalue weighted by molar-refractivity contribution is 0.487. The first kappa shape index (κ1) is 15.5. The number of aliphatic imine (C=N–C) groups is 1. The molecule has 0 aromatic carbocycles. The zero-order valence-corrected chi connectivity index (χ0v) is 13.4. The molecule has 0 radical (unpaired) electrons. The molecule has 1 N–H and O–H groups in total. The Morgan fingerprint density at radius 3 is 2.86 bits per heavy atom. The van der Waals surface area contributed by atoms with Crippen LogP contribution in [0.1, 0.15) is 10.6 Å². The van der Waals surface area contributed by atoms with Crippen molar-refractivity contribution in [1.29, 1.82) is 0 Å². The minimum absolute atomic E-state index is 0.840. The van der Waals surface area contributed by atoms with Gasteiger partial charge in [0.1, 0.15) is 0 Å². The molecule has 0 amide bonds. The van der Waals surface area contributed by atoms with Crippen molar-refractivity contribution in [3.8, 4) is 0 Å². The van der Waals surface area contributed by atoms with Gasteiger partial charge in [0.2, 0.25) is 0 Å². The average Bonchev–Trinajstić information content (AvgIpc) is 3.04. The monoisotopic (exact) mass is 302 g/mol. The largest absolute Gasteiger partial charge is 0.356 e. The predicted molar refractivity (Wildman–Crippen MR) is 90.0 cm³/mol. The Balaban J connectivity index is 1.74. The Morgan fingerprint density at radius 2 is 2.19 bits per heavy atom. The molecular formula is C16H22N4S. The van der Waals surface area contributed by atoms with Crippen LogP contribution in [-0.4, -0.2) is 43.0 Å². The Hall–Kier alpha value is -1.88. The summed E-state index contributed by atoms with van der Waals surface area (Å²) in [5.41, 5.74) is 1.10. The maximum absolute atomic E-state index is 4.33. The van der Waals surface area contributed by atoms with Gasteiger partial charge in [-0.05, 0) is 30.0 Å². The predicted octanol–water partition coefficient (Wildman–Crippen LogP) is 2.44. The minimum atomic E-state index is 0.840. The maximum atomic E-state index is 4.33. The van der Waals surface area contributed by atoms with Gasteiger partial charge in [-0.1, -0.05) is 12.1 Å². The lowest BCUT2D eigenvalue weighted by Gasteiger charge is -2.21. The first-order valence-electron chi connectivity index (χ1n) is 7.13. The van der Waals surface area contributed by atoms with E-state index in [1.165, 1.54) is 4.88 Å². The molecule has 21 heavy (non-hydrogen) atoms. The molecule has 112 valence electrons. The Morgan fingerprint density at radius 1 is 1.29 bits per heavy atom. The summed E-state index contributed by atoms with van der Waals surface area (Å²) in [7, 11) is 3.90. The fraction of sp³-hybridized carbons (Fsp3) is 0.375. The van der Waals surface area contributed by atoms with Crippen molar-refractivity contribution in [2.45, 2.75) is 12.8 Å². The van der Waals surface area contributed by atoms with Gasteiger partial charge in [0.15, 0.2) is 5.96 Å². The molecule has 5 heteroatoms. The zero-order chi connectivity index (χ0) is 14.9. The Kier molecular flexibility index (Phi) is 6.22. The molecule has 0 atom stereocenters. The highest BCUT2D eigenvalue weighted by Gasteiger charge is 2.06. The van der Waals surface area contributed by atoms with Crippen molar-refractivity contribution in [3.63, 3.8) is 0 Å². The second-order valence-electron chi connectivity index (χ2n) is 4.80. The van der Waals surface area contributed by atoms with Gasteiger partial charge >= 0.3 is 0 Å². The van der Waals surface area contributed by atoms with Gasteiger partial charge in [-0.25, -0.2) is 0 Å². The van der Waals surface area contributed by atoms with Crippen LogP contribution in [0.3, 0.4) is 0 Å². The fourth-order valence-corrected chi connectivity index (χ4v) is 2.77. The standard InChI is InChI=1S/C16H22N4S/c1-17-16(19-11-8-14-6-3-4-10-18-14)20(2)12-9-15-7-5-13-21-15/h3-7,10,13H,8-9,11-12H2,1-2H3,(H,17,19). The SMILES string of the molecule is CN=C(NCCc1ccccn1)N(C)CCc1cccs1. The van der Waals surface area contributed by atoms with Gasteiger partial charge in [0, 0.05) is 50.4 Å². The first-order valence-corrected chi connectivity index (χ1v) is 8.01. The van der Waals surface area contributed by atoms with Gasteiger partial charge in [-0.3, -0.25) is 9.98 Å². The van der Waals surface area contributed by atoms with E-state index in [1.807, 2.05) is 31.4 Å². The molecular weight excluding hydrogens is 280 g/mol. The highest BCUT2D eigenvalue weighted by atomic mass is 32.1. The number of guanidine groups is 1. The van der Waals surface area contributed by atoms with E-state index >= 15 is 0 Å². The van der Waals surface area contributed by atoms with E-state index in [0.717, 1.165) is 37.6 Å². The molecule has 2 aromatic heterocycles. The topological polar surface area (TPSA) is 40.5 Å². The summed E-state index contributed by atoms with van der Waals surface area (Å²) in [5, 5.41) is 5.51. The summed E-state index contributed by atoms with van der Waals surface area (Å²) in [6.45, 7) is 1.80. The van der Waals surface area contributed by atoms with Crippen LogP contribution in [-0.2, 0) is 12.8 Å². The number of hydrogen-bond donors (Lipinski definition) is 1. The number of rotatable bonds is 6. The van der Waals surface area contributed by atoms with Crippen LogP contribution >= 0.6 is 11.3 Å². The van der Waals surface area contributed by atoms with Gasteiger partial charge < -0.3 is 10.2 Å². The molecule has 0 unspecified atom stereocenters. The van der Waals surface area contributed by atoms with E-state index in [-0.39, 0.29) is 0 Å². The van der Waals surface area contributed by atoms with E-state index in [2.05, 4.69) is 44.8 Å². The number of hydrogen-bond acceptors (Lipinski definition) is 3. The van der Waals surface area contributed by atoms with Gasteiger partial charge in [-0.15, -0.1) is 11.3 Å². The number of nitrogens with one attached hydrogen (secondary N) is 1. The normalized spacial score (nSPS) is 11.4. The molecule has 0 aliphatic carbocycles. The van der Waals surface area contributed by atoms with E-state index in [9.17, 15) is 0 Å². The van der Waals surface area contributed by atoms with Crippen LogP contribution in [0.25, 0.3) is 0 Å². The molecule has 2 aromatic rings. The molecule has 0 fully saturated rings. The fourth-order valence-electron chi connectivity index (χ4n) is 2.07. The third-order valence-corrected chi connectivity index (χ3v) is 4.17. The van der Waals surface area contributed by atoms with Crippen LogP contribution < -0.4 is 5.32 Å². The van der Waals surface area contributed by atoms with Crippen molar-refractivity contribution in [1.82, 2.24) is 15.2 Å². The van der Waals surface area contributed by atoms with Crippen molar-refractivity contribution in [3.05, 3.63) is 52.5 Å². The third kappa shape index (κ3) is 5.19. The molecule has 0 saturated carbocycles. The number of likely N-dealkylation sites (N-methyl/N-ethyl adjacent to an activating group) is 1. The summed E-state index contributed by atoms with van der Waals surface area (Å²) in [4.78, 5) is 12.2. The van der Waals surface area contributed by atoms with Crippen LogP contribution in [0.4, 0.5) is 0 Å². The highest BCUT2D eigenvalue weighted by molar-refractivity contribution is 7.09. The van der Waals surface area contributed by atoms with Crippen molar-refractivity contribution < 1.29 is 0 Å². The van der Waals surface area contributed by atoms with E-state index in [0.29, 0.717) is 0 Å². The summed E-state index contributed by atoms with van der Waals surface area (Å²) >= 11 is 1.80. The Labute approximate surface area is 130 Å². The molecule has 0 spiro atoms. The van der Waals surface area contributed by atoms with Gasteiger partial charge in [0.05, 0.1) is 0 Å². The third-order valence-electron chi connectivity index (χ3n) is 3.24. The smallest absolute Gasteiger partial charge is 0.193 e. The second-order valence-corrected chi connectivity index (χ2v) is 5.83. The van der Waals surface area contributed by atoms with Crippen molar-refractivity contribution in [2.24, 2.45) is 4.99 Å². The second kappa shape index (κ2) is 8.42.